The van der Waals surface area contributed by atoms with Gasteiger partial charge in [-0.15, -0.1) is 0 Å². The molecule has 17 heavy (non-hydrogen) atoms. The van der Waals surface area contributed by atoms with Crippen molar-refractivity contribution in [3.05, 3.63) is 0 Å². The number of aliphatic hydroxyl groups excluding tert-OH is 1. The topological polar surface area (TPSA) is 69.6 Å². The second-order valence-corrected chi connectivity index (χ2v) is 6.74. The van der Waals surface area contributed by atoms with Crippen molar-refractivity contribution in [1.82, 2.24) is 9.03 Å². The molecule has 1 saturated heterocycles. The Morgan fingerprint density at radius 3 is 2.29 bits per heavy atom. The van der Waals surface area contributed by atoms with Gasteiger partial charge in [0.05, 0.1) is 6.10 Å². The fraction of sp³-hybridized carbons (Fsp3) is 1.00. The standard InChI is InChI=1S/C11H22N2O3S/c14-11-7-3-2-6-10(11)12-17(15,16)13-8-4-1-5-9-13/h10-12,14H,1-9H2/t10-,11-/m1/s1. The molecular weight excluding hydrogens is 240 g/mol. The van der Waals surface area contributed by atoms with Crippen LogP contribution in [0.4, 0.5) is 0 Å². The van der Waals surface area contributed by atoms with Crippen LogP contribution in [-0.4, -0.2) is 43.1 Å². The van der Waals surface area contributed by atoms with Crippen LogP contribution in [0.15, 0.2) is 0 Å². The second kappa shape index (κ2) is 5.65. The molecule has 0 amide bonds. The lowest BCUT2D eigenvalue weighted by Crippen LogP contribution is -2.51. The molecule has 0 aromatic carbocycles. The van der Waals surface area contributed by atoms with Gasteiger partial charge >= 0.3 is 0 Å². The summed E-state index contributed by atoms with van der Waals surface area (Å²) in [6.45, 7) is 1.22. The highest BCUT2D eigenvalue weighted by atomic mass is 32.2. The van der Waals surface area contributed by atoms with Crippen molar-refractivity contribution >= 4 is 10.2 Å². The summed E-state index contributed by atoms with van der Waals surface area (Å²) in [5, 5.41) is 9.79. The van der Waals surface area contributed by atoms with Gasteiger partial charge in [-0.05, 0) is 25.7 Å². The average Bonchev–Trinajstić information content (AvgIpc) is 2.33. The predicted molar refractivity (Wildman–Crippen MR) is 65.7 cm³/mol. The van der Waals surface area contributed by atoms with Gasteiger partial charge in [0.25, 0.3) is 10.2 Å². The summed E-state index contributed by atoms with van der Waals surface area (Å²) >= 11 is 0. The highest BCUT2D eigenvalue weighted by Crippen LogP contribution is 2.20. The predicted octanol–water partition coefficient (Wildman–Crippen LogP) is 0.610. The summed E-state index contributed by atoms with van der Waals surface area (Å²) < 4.78 is 28.4. The van der Waals surface area contributed by atoms with Crippen molar-refractivity contribution in [2.75, 3.05) is 13.1 Å². The van der Waals surface area contributed by atoms with Gasteiger partial charge in [0.2, 0.25) is 0 Å². The maximum Gasteiger partial charge on any atom is 0.279 e. The lowest BCUT2D eigenvalue weighted by molar-refractivity contribution is 0.100. The molecule has 2 N–H and O–H groups in total. The van der Waals surface area contributed by atoms with E-state index in [-0.39, 0.29) is 6.04 Å². The minimum atomic E-state index is -3.39. The first-order valence-electron chi connectivity index (χ1n) is 6.55. The van der Waals surface area contributed by atoms with Crippen LogP contribution in [0.25, 0.3) is 0 Å². The summed E-state index contributed by atoms with van der Waals surface area (Å²) in [5.41, 5.74) is 0. The largest absolute Gasteiger partial charge is 0.391 e. The van der Waals surface area contributed by atoms with Crippen LogP contribution in [-0.2, 0) is 10.2 Å². The Bertz CT molecular complexity index is 339. The molecule has 0 unspecified atom stereocenters. The van der Waals surface area contributed by atoms with Crippen molar-refractivity contribution in [3.63, 3.8) is 0 Å². The van der Waals surface area contributed by atoms with Crippen molar-refractivity contribution in [2.24, 2.45) is 0 Å². The Labute approximate surface area is 103 Å². The molecule has 6 heteroatoms. The maximum absolute atomic E-state index is 12.1. The van der Waals surface area contributed by atoms with Gasteiger partial charge in [-0.2, -0.15) is 17.4 Å². The van der Waals surface area contributed by atoms with Crippen molar-refractivity contribution in [1.29, 1.82) is 0 Å². The van der Waals surface area contributed by atoms with E-state index in [0.29, 0.717) is 19.5 Å². The Balaban J connectivity index is 1.95. The number of hydrogen-bond acceptors (Lipinski definition) is 3. The second-order valence-electron chi connectivity index (χ2n) is 5.04. The zero-order valence-corrected chi connectivity index (χ0v) is 11.0. The van der Waals surface area contributed by atoms with E-state index < -0.39 is 16.3 Å². The molecule has 2 rings (SSSR count). The monoisotopic (exact) mass is 262 g/mol. The van der Waals surface area contributed by atoms with Crippen LogP contribution in [0.3, 0.4) is 0 Å². The molecule has 1 aliphatic heterocycles. The fourth-order valence-corrected chi connectivity index (χ4v) is 4.17. The smallest absolute Gasteiger partial charge is 0.279 e. The number of aliphatic hydroxyl groups is 1. The summed E-state index contributed by atoms with van der Waals surface area (Å²) in [6.07, 6.45) is 5.89. The minimum absolute atomic E-state index is 0.296. The Hall–Kier alpha value is -0.170. The van der Waals surface area contributed by atoms with Gasteiger partial charge in [-0.1, -0.05) is 19.3 Å². The first-order valence-corrected chi connectivity index (χ1v) is 7.99. The van der Waals surface area contributed by atoms with Crippen LogP contribution in [0, 0.1) is 0 Å². The molecule has 0 radical (unpaired) electrons. The van der Waals surface area contributed by atoms with Crippen LogP contribution in [0.5, 0.6) is 0 Å². The van der Waals surface area contributed by atoms with Gasteiger partial charge in [0.1, 0.15) is 0 Å². The van der Waals surface area contributed by atoms with E-state index >= 15 is 0 Å². The van der Waals surface area contributed by atoms with E-state index in [1.807, 2.05) is 0 Å². The molecule has 1 saturated carbocycles. The third kappa shape index (κ3) is 3.40. The Morgan fingerprint density at radius 1 is 1.00 bits per heavy atom. The zero-order chi connectivity index (χ0) is 12.3. The third-order valence-electron chi connectivity index (χ3n) is 3.68. The summed E-state index contributed by atoms with van der Waals surface area (Å²) in [5.74, 6) is 0. The van der Waals surface area contributed by atoms with Crippen LogP contribution >= 0.6 is 0 Å². The van der Waals surface area contributed by atoms with E-state index in [1.165, 1.54) is 4.31 Å². The maximum atomic E-state index is 12.1. The minimum Gasteiger partial charge on any atom is -0.391 e. The molecule has 100 valence electrons. The highest BCUT2D eigenvalue weighted by molar-refractivity contribution is 7.87. The zero-order valence-electron chi connectivity index (χ0n) is 10.1. The number of nitrogens with zero attached hydrogens (tertiary/aromatic N) is 1. The van der Waals surface area contributed by atoms with Gasteiger partial charge in [-0.25, -0.2) is 0 Å². The number of hydrogen-bond donors (Lipinski definition) is 2. The molecule has 0 bridgehead atoms. The lowest BCUT2D eigenvalue weighted by Gasteiger charge is -2.32. The molecule has 2 fully saturated rings. The molecule has 0 aromatic rings. The molecular formula is C11H22N2O3S. The number of rotatable bonds is 3. The molecule has 0 aromatic heterocycles. The molecule has 2 aliphatic rings. The van der Waals surface area contributed by atoms with E-state index in [9.17, 15) is 13.5 Å². The molecule has 0 spiro atoms. The van der Waals surface area contributed by atoms with Gasteiger partial charge in [0.15, 0.2) is 0 Å². The van der Waals surface area contributed by atoms with Gasteiger partial charge in [0, 0.05) is 19.1 Å². The highest BCUT2D eigenvalue weighted by Gasteiger charge is 2.31. The third-order valence-corrected chi connectivity index (χ3v) is 5.33. The van der Waals surface area contributed by atoms with Crippen LogP contribution < -0.4 is 4.72 Å². The van der Waals surface area contributed by atoms with Crippen LogP contribution in [0.1, 0.15) is 44.9 Å². The first kappa shape index (κ1) is 13.3. The SMILES string of the molecule is O=S(=O)(N[C@@H]1CCCC[C@H]1O)N1CCCCC1. The normalized spacial score (nSPS) is 32.5. The first-order chi connectivity index (χ1) is 8.09. The van der Waals surface area contributed by atoms with Crippen LogP contribution in [0.2, 0.25) is 0 Å². The number of nitrogens with one attached hydrogen (secondary N) is 1. The summed E-state index contributed by atoms with van der Waals surface area (Å²) in [4.78, 5) is 0. The van der Waals surface area contributed by atoms with E-state index in [4.69, 9.17) is 0 Å². The van der Waals surface area contributed by atoms with Crippen molar-refractivity contribution in [2.45, 2.75) is 57.1 Å². The Morgan fingerprint density at radius 2 is 1.65 bits per heavy atom. The average molecular weight is 262 g/mol. The summed E-state index contributed by atoms with van der Waals surface area (Å²) in [6, 6.07) is -0.296. The molecule has 1 heterocycles. The summed E-state index contributed by atoms with van der Waals surface area (Å²) in [7, 11) is -3.39. The molecule has 5 nitrogen and oxygen atoms in total. The Kier molecular flexibility index (Phi) is 4.41. The van der Waals surface area contributed by atoms with Crippen molar-refractivity contribution < 1.29 is 13.5 Å². The van der Waals surface area contributed by atoms with Gasteiger partial charge < -0.3 is 5.11 Å². The molecule has 1 aliphatic carbocycles. The van der Waals surface area contributed by atoms with Crippen molar-refractivity contribution in [3.8, 4) is 0 Å². The van der Waals surface area contributed by atoms with E-state index in [2.05, 4.69) is 4.72 Å². The number of piperidine rings is 1. The van der Waals surface area contributed by atoms with E-state index in [0.717, 1.165) is 38.5 Å². The van der Waals surface area contributed by atoms with Gasteiger partial charge in [-0.3, -0.25) is 0 Å². The molecule has 2 atom stereocenters. The van der Waals surface area contributed by atoms with E-state index in [1.54, 1.807) is 0 Å². The lowest BCUT2D eigenvalue weighted by atomic mass is 9.93. The quantitative estimate of drug-likeness (QED) is 0.783. The fourth-order valence-electron chi connectivity index (χ4n) is 2.62.